The molecule has 0 atom stereocenters. The van der Waals surface area contributed by atoms with E-state index in [0.29, 0.717) is 23.0 Å². The highest BCUT2D eigenvalue weighted by molar-refractivity contribution is 6.04. The van der Waals surface area contributed by atoms with Crippen LogP contribution in [0.5, 0.6) is 5.88 Å². The van der Waals surface area contributed by atoms with Crippen LogP contribution in [0.15, 0.2) is 30.5 Å². The summed E-state index contributed by atoms with van der Waals surface area (Å²) in [5.74, 6) is 0.0419. The lowest BCUT2D eigenvalue weighted by Crippen LogP contribution is -2.17. The second kappa shape index (κ2) is 8.16. The highest BCUT2D eigenvalue weighted by Gasteiger charge is 2.33. The molecule has 7 nitrogen and oxygen atoms in total. The van der Waals surface area contributed by atoms with Crippen molar-refractivity contribution >= 4 is 22.6 Å². The number of hydrogen-bond acceptors (Lipinski definition) is 5. The molecule has 4 rings (SSSR count). The Labute approximate surface area is 176 Å². The van der Waals surface area contributed by atoms with Crippen LogP contribution in [0.25, 0.3) is 11.0 Å². The smallest absolute Gasteiger partial charge is 0.433 e. The number of fused-ring (bicyclic) bond motifs is 1. The zero-order valence-electron chi connectivity index (χ0n) is 17.1. The lowest BCUT2D eigenvalue weighted by molar-refractivity contribution is -0.141. The first kappa shape index (κ1) is 21.1. The molecule has 0 spiro atoms. The SMILES string of the molecule is COc1nc2nn([C@H]3CC[C@H](C)CC3)cc2cc1NC(=O)c1cccc(C(F)(F)F)n1. The summed E-state index contributed by atoms with van der Waals surface area (Å²) in [5, 5.41) is 7.81. The maximum atomic E-state index is 12.9. The second-order valence-corrected chi connectivity index (χ2v) is 7.84. The van der Waals surface area contributed by atoms with Crippen molar-refractivity contribution < 1.29 is 22.7 Å². The molecule has 1 saturated carbocycles. The topological polar surface area (TPSA) is 81.9 Å². The zero-order chi connectivity index (χ0) is 22.2. The number of pyridine rings is 2. The highest BCUT2D eigenvalue weighted by Crippen LogP contribution is 2.33. The number of nitrogens with one attached hydrogen (secondary N) is 1. The molecule has 1 N–H and O–H groups in total. The average Bonchev–Trinajstić information content (AvgIpc) is 3.16. The van der Waals surface area contributed by atoms with Gasteiger partial charge in [0.05, 0.1) is 13.2 Å². The second-order valence-electron chi connectivity index (χ2n) is 7.84. The molecule has 0 unspecified atom stereocenters. The van der Waals surface area contributed by atoms with Crippen molar-refractivity contribution in [1.82, 2.24) is 19.7 Å². The number of rotatable bonds is 4. The number of amides is 1. The van der Waals surface area contributed by atoms with E-state index >= 15 is 0 Å². The van der Waals surface area contributed by atoms with Gasteiger partial charge in [-0.1, -0.05) is 13.0 Å². The molecule has 1 amide bonds. The van der Waals surface area contributed by atoms with E-state index in [-0.39, 0.29) is 17.3 Å². The third-order valence-electron chi connectivity index (χ3n) is 5.55. The summed E-state index contributed by atoms with van der Waals surface area (Å²) in [6.45, 7) is 2.25. The minimum Gasteiger partial charge on any atom is -0.479 e. The summed E-state index contributed by atoms with van der Waals surface area (Å²) < 4.78 is 45.9. The first-order chi connectivity index (χ1) is 14.7. The number of carbonyl (C=O) groups is 1. The van der Waals surface area contributed by atoms with Gasteiger partial charge in [-0.3, -0.25) is 9.48 Å². The summed E-state index contributed by atoms with van der Waals surface area (Å²) in [5.41, 5.74) is -0.783. The Morgan fingerprint density at radius 2 is 1.94 bits per heavy atom. The van der Waals surface area contributed by atoms with Crippen LogP contribution in [0.3, 0.4) is 0 Å². The number of halogens is 3. The quantitative estimate of drug-likeness (QED) is 0.636. The molecule has 0 aliphatic heterocycles. The number of methoxy groups -OCH3 is 1. The molecule has 3 aromatic heterocycles. The normalized spacial score (nSPS) is 19.4. The Morgan fingerprint density at radius 1 is 1.19 bits per heavy atom. The van der Waals surface area contributed by atoms with E-state index in [9.17, 15) is 18.0 Å². The summed E-state index contributed by atoms with van der Waals surface area (Å²) in [7, 11) is 1.39. The maximum absolute atomic E-state index is 12.9. The maximum Gasteiger partial charge on any atom is 0.433 e. The Balaban J connectivity index is 1.60. The van der Waals surface area contributed by atoms with E-state index < -0.39 is 17.8 Å². The molecule has 10 heteroatoms. The van der Waals surface area contributed by atoms with Crippen molar-refractivity contribution in [2.75, 3.05) is 12.4 Å². The Bertz CT molecular complexity index is 1100. The summed E-state index contributed by atoms with van der Waals surface area (Å²) in [6, 6.07) is 5.11. The standard InChI is InChI=1S/C21H22F3N5O2/c1-12-6-8-14(9-7-12)29-11-13-10-16(20(31-2)27-18(13)28-29)26-19(30)15-4-3-5-17(25-15)21(22,23)24/h3-5,10-12,14H,6-9H2,1-2H3,(H,26,30)/t12-,14-. The molecule has 0 bridgehead atoms. The molecule has 1 aliphatic rings. The van der Waals surface area contributed by atoms with Gasteiger partial charge in [0.2, 0.25) is 5.88 Å². The summed E-state index contributed by atoms with van der Waals surface area (Å²) in [6.07, 6.45) is 1.60. The molecular weight excluding hydrogens is 411 g/mol. The van der Waals surface area contributed by atoms with Gasteiger partial charge in [-0.2, -0.15) is 23.3 Å². The van der Waals surface area contributed by atoms with Crippen molar-refractivity contribution in [2.24, 2.45) is 5.92 Å². The first-order valence-corrected chi connectivity index (χ1v) is 10.0. The predicted molar refractivity (Wildman–Crippen MR) is 108 cm³/mol. The van der Waals surface area contributed by atoms with Gasteiger partial charge in [-0.25, -0.2) is 4.98 Å². The average molecular weight is 433 g/mol. The number of ether oxygens (including phenoxy) is 1. The van der Waals surface area contributed by atoms with Crippen LogP contribution < -0.4 is 10.1 Å². The van der Waals surface area contributed by atoms with Crippen LogP contribution >= 0.6 is 0 Å². The molecule has 0 saturated heterocycles. The molecular formula is C21H22F3N5O2. The molecule has 31 heavy (non-hydrogen) atoms. The van der Waals surface area contributed by atoms with E-state index in [1.807, 2.05) is 10.9 Å². The van der Waals surface area contributed by atoms with Gasteiger partial charge in [0, 0.05) is 11.6 Å². The fraction of sp³-hybridized carbons (Fsp3) is 0.429. The van der Waals surface area contributed by atoms with Crippen LogP contribution in [-0.2, 0) is 6.18 Å². The minimum atomic E-state index is -4.64. The Morgan fingerprint density at radius 3 is 2.61 bits per heavy atom. The van der Waals surface area contributed by atoms with Gasteiger partial charge >= 0.3 is 6.18 Å². The van der Waals surface area contributed by atoms with E-state index in [4.69, 9.17) is 4.74 Å². The number of carbonyl (C=O) groups excluding carboxylic acids is 1. The number of alkyl halides is 3. The van der Waals surface area contributed by atoms with E-state index in [2.05, 4.69) is 27.3 Å². The summed E-state index contributed by atoms with van der Waals surface area (Å²) in [4.78, 5) is 20.3. The van der Waals surface area contributed by atoms with Crippen LogP contribution in [0.1, 0.15) is 54.8 Å². The van der Waals surface area contributed by atoms with Crippen molar-refractivity contribution in [3.05, 3.63) is 41.9 Å². The van der Waals surface area contributed by atoms with Crippen molar-refractivity contribution in [3.63, 3.8) is 0 Å². The van der Waals surface area contributed by atoms with Gasteiger partial charge in [-0.05, 0) is 49.8 Å². The monoisotopic (exact) mass is 433 g/mol. The van der Waals surface area contributed by atoms with Gasteiger partial charge in [0.25, 0.3) is 5.91 Å². The third-order valence-corrected chi connectivity index (χ3v) is 5.55. The van der Waals surface area contributed by atoms with Crippen molar-refractivity contribution in [3.8, 4) is 5.88 Å². The number of nitrogens with zero attached hydrogens (tertiary/aromatic N) is 4. The molecule has 1 fully saturated rings. The molecule has 3 heterocycles. The first-order valence-electron chi connectivity index (χ1n) is 10.0. The van der Waals surface area contributed by atoms with Crippen molar-refractivity contribution in [1.29, 1.82) is 0 Å². The van der Waals surface area contributed by atoms with Crippen LogP contribution in [-0.4, -0.2) is 32.8 Å². The van der Waals surface area contributed by atoms with Gasteiger partial charge in [0.1, 0.15) is 17.1 Å². The molecule has 0 aromatic carbocycles. The molecule has 0 radical (unpaired) electrons. The third kappa shape index (κ3) is 4.47. The predicted octanol–water partition coefficient (Wildman–Crippen LogP) is 4.86. The zero-order valence-corrected chi connectivity index (χ0v) is 17.1. The number of hydrogen-bond donors (Lipinski definition) is 1. The van der Waals surface area contributed by atoms with Gasteiger partial charge in [0.15, 0.2) is 5.65 Å². The molecule has 1 aliphatic carbocycles. The van der Waals surface area contributed by atoms with E-state index in [1.165, 1.54) is 13.2 Å². The lowest BCUT2D eigenvalue weighted by Gasteiger charge is -2.26. The lowest BCUT2D eigenvalue weighted by atomic mass is 9.87. The Kier molecular flexibility index (Phi) is 5.55. The fourth-order valence-electron chi connectivity index (χ4n) is 3.80. The van der Waals surface area contributed by atoms with Crippen LogP contribution in [0.2, 0.25) is 0 Å². The van der Waals surface area contributed by atoms with E-state index in [0.717, 1.165) is 37.8 Å². The summed E-state index contributed by atoms with van der Waals surface area (Å²) >= 11 is 0. The highest BCUT2D eigenvalue weighted by atomic mass is 19.4. The van der Waals surface area contributed by atoms with Crippen LogP contribution in [0.4, 0.5) is 18.9 Å². The fourth-order valence-corrected chi connectivity index (χ4v) is 3.80. The van der Waals surface area contributed by atoms with E-state index in [1.54, 1.807) is 6.07 Å². The number of aromatic nitrogens is 4. The van der Waals surface area contributed by atoms with Crippen molar-refractivity contribution in [2.45, 2.75) is 44.8 Å². The molecule has 3 aromatic rings. The largest absolute Gasteiger partial charge is 0.479 e. The molecule has 164 valence electrons. The van der Waals surface area contributed by atoms with Crippen LogP contribution in [0, 0.1) is 5.92 Å². The Hall–Kier alpha value is -3.17. The minimum absolute atomic E-state index is 0.121. The van der Waals surface area contributed by atoms with Gasteiger partial charge < -0.3 is 10.1 Å². The van der Waals surface area contributed by atoms with Gasteiger partial charge in [-0.15, -0.1) is 0 Å². The number of anilines is 1.